The van der Waals surface area contributed by atoms with E-state index < -0.39 is 0 Å². The van der Waals surface area contributed by atoms with Crippen LogP contribution >= 0.6 is 0 Å². The van der Waals surface area contributed by atoms with Gasteiger partial charge >= 0.3 is 0 Å². The molecule has 2 heterocycles. The number of nitrogens with zero attached hydrogens (tertiary/aromatic N) is 3. The third kappa shape index (κ3) is 6.10. The van der Waals surface area contributed by atoms with Crippen molar-refractivity contribution in [2.75, 3.05) is 26.8 Å². The Morgan fingerprint density at radius 3 is 2.68 bits per heavy atom. The lowest BCUT2D eigenvalue weighted by Crippen LogP contribution is -2.46. The summed E-state index contributed by atoms with van der Waals surface area (Å²) in [6.45, 7) is 3.89. The van der Waals surface area contributed by atoms with Gasteiger partial charge in [-0.3, -0.25) is 14.3 Å². The SMILES string of the molecule is CCCOc1ccc(/C=C/C(=O)N2CCC(NC(=O)c3cnn(C)c3)CC2)cc1OC. The molecule has 0 radical (unpaired) electrons. The summed E-state index contributed by atoms with van der Waals surface area (Å²) in [4.78, 5) is 26.6. The van der Waals surface area contributed by atoms with E-state index in [1.165, 1.54) is 0 Å². The number of methoxy groups -OCH3 is 1. The van der Waals surface area contributed by atoms with Gasteiger partial charge in [-0.05, 0) is 43.0 Å². The van der Waals surface area contributed by atoms with E-state index in [4.69, 9.17) is 9.47 Å². The number of carbonyl (C=O) groups is 2. The minimum Gasteiger partial charge on any atom is -0.493 e. The first-order valence-corrected chi connectivity index (χ1v) is 10.6. The summed E-state index contributed by atoms with van der Waals surface area (Å²) in [5, 5.41) is 7.04. The lowest BCUT2D eigenvalue weighted by molar-refractivity contribution is -0.126. The van der Waals surface area contributed by atoms with Crippen LogP contribution in [0.3, 0.4) is 0 Å². The Bertz CT molecular complexity index is 929. The van der Waals surface area contributed by atoms with Gasteiger partial charge in [-0.25, -0.2) is 0 Å². The fourth-order valence-electron chi connectivity index (χ4n) is 3.44. The second-order valence-electron chi connectivity index (χ2n) is 7.57. The van der Waals surface area contributed by atoms with Crippen molar-refractivity contribution in [1.29, 1.82) is 0 Å². The van der Waals surface area contributed by atoms with Crippen molar-refractivity contribution < 1.29 is 19.1 Å². The maximum atomic E-state index is 12.6. The highest BCUT2D eigenvalue weighted by atomic mass is 16.5. The standard InChI is InChI=1S/C23H30N4O4/c1-4-13-31-20-7-5-17(14-21(20)30-3)6-8-22(28)27-11-9-19(10-12-27)25-23(29)18-15-24-26(2)16-18/h5-8,14-16,19H,4,9-13H2,1-3H3,(H,25,29)/b8-6+. The van der Waals surface area contributed by atoms with Gasteiger partial charge in [-0.1, -0.05) is 13.0 Å². The van der Waals surface area contributed by atoms with Gasteiger partial charge in [0, 0.05) is 38.5 Å². The highest BCUT2D eigenvalue weighted by Crippen LogP contribution is 2.28. The Morgan fingerprint density at radius 2 is 2.03 bits per heavy atom. The normalized spacial score (nSPS) is 14.6. The highest BCUT2D eigenvalue weighted by Gasteiger charge is 2.23. The summed E-state index contributed by atoms with van der Waals surface area (Å²) < 4.78 is 12.7. The second-order valence-corrected chi connectivity index (χ2v) is 7.57. The topological polar surface area (TPSA) is 85.7 Å². The molecular formula is C23H30N4O4. The van der Waals surface area contributed by atoms with Crippen LogP contribution in [-0.4, -0.2) is 59.3 Å². The molecule has 8 heteroatoms. The number of rotatable bonds is 8. The number of aromatic nitrogens is 2. The van der Waals surface area contributed by atoms with E-state index in [1.54, 1.807) is 48.3 Å². The Labute approximate surface area is 182 Å². The van der Waals surface area contributed by atoms with E-state index in [0.29, 0.717) is 36.8 Å². The van der Waals surface area contributed by atoms with Crippen molar-refractivity contribution in [3.05, 3.63) is 47.8 Å². The number of hydrogen-bond acceptors (Lipinski definition) is 5. The largest absolute Gasteiger partial charge is 0.493 e. The lowest BCUT2D eigenvalue weighted by Gasteiger charge is -2.31. The van der Waals surface area contributed by atoms with Gasteiger partial charge in [0.2, 0.25) is 5.91 Å². The predicted molar refractivity (Wildman–Crippen MR) is 118 cm³/mol. The smallest absolute Gasteiger partial charge is 0.254 e. The highest BCUT2D eigenvalue weighted by molar-refractivity contribution is 5.94. The van der Waals surface area contributed by atoms with Gasteiger partial charge in [0.1, 0.15) is 0 Å². The Kier molecular flexibility index (Phi) is 7.70. The van der Waals surface area contributed by atoms with Crippen LogP contribution in [0.25, 0.3) is 6.08 Å². The first-order chi connectivity index (χ1) is 15.0. The van der Waals surface area contributed by atoms with Crippen LogP contribution in [0.15, 0.2) is 36.7 Å². The van der Waals surface area contributed by atoms with Crippen molar-refractivity contribution in [2.45, 2.75) is 32.2 Å². The summed E-state index contributed by atoms with van der Waals surface area (Å²) in [5.74, 6) is 1.18. The summed E-state index contributed by atoms with van der Waals surface area (Å²) in [6, 6.07) is 5.67. The van der Waals surface area contributed by atoms with Gasteiger partial charge in [-0.15, -0.1) is 0 Å². The molecule has 1 fully saturated rings. The number of hydrogen-bond donors (Lipinski definition) is 1. The number of likely N-dealkylation sites (tertiary alicyclic amines) is 1. The van der Waals surface area contributed by atoms with E-state index in [-0.39, 0.29) is 17.9 Å². The molecule has 1 saturated heterocycles. The molecule has 1 N–H and O–H groups in total. The zero-order chi connectivity index (χ0) is 22.2. The second kappa shape index (κ2) is 10.7. The quantitative estimate of drug-likeness (QED) is 0.656. The van der Waals surface area contributed by atoms with Crippen LogP contribution < -0.4 is 14.8 Å². The Balaban J connectivity index is 1.50. The van der Waals surface area contributed by atoms with E-state index in [2.05, 4.69) is 10.4 Å². The van der Waals surface area contributed by atoms with Crippen LogP contribution in [0, 0.1) is 0 Å². The molecule has 1 aromatic heterocycles. The molecule has 0 bridgehead atoms. The molecule has 0 aliphatic carbocycles. The molecule has 1 aliphatic heterocycles. The molecule has 2 amide bonds. The molecule has 3 rings (SSSR count). The minimum atomic E-state index is -0.127. The van der Waals surface area contributed by atoms with Gasteiger partial charge in [-0.2, -0.15) is 5.10 Å². The minimum absolute atomic E-state index is 0.0395. The molecule has 1 aromatic carbocycles. The Morgan fingerprint density at radius 1 is 1.26 bits per heavy atom. The molecule has 0 atom stereocenters. The summed E-state index contributed by atoms with van der Waals surface area (Å²) >= 11 is 0. The van der Waals surface area contributed by atoms with Crippen molar-refractivity contribution in [3.8, 4) is 11.5 Å². The third-order valence-electron chi connectivity index (χ3n) is 5.18. The van der Waals surface area contributed by atoms with Crippen LogP contribution in [0.2, 0.25) is 0 Å². The van der Waals surface area contributed by atoms with E-state index in [1.807, 2.05) is 25.1 Å². The number of benzene rings is 1. The third-order valence-corrected chi connectivity index (χ3v) is 5.18. The monoisotopic (exact) mass is 426 g/mol. The van der Waals surface area contributed by atoms with Crippen LogP contribution in [0.4, 0.5) is 0 Å². The van der Waals surface area contributed by atoms with Crippen molar-refractivity contribution in [3.63, 3.8) is 0 Å². The predicted octanol–water partition coefficient (Wildman–Crippen LogP) is 2.65. The number of ether oxygens (including phenoxy) is 2. The van der Waals surface area contributed by atoms with E-state index in [9.17, 15) is 9.59 Å². The van der Waals surface area contributed by atoms with Gasteiger partial charge in [0.05, 0.1) is 25.5 Å². The van der Waals surface area contributed by atoms with Crippen molar-refractivity contribution in [1.82, 2.24) is 20.0 Å². The maximum Gasteiger partial charge on any atom is 0.254 e. The van der Waals surface area contributed by atoms with E-state index >= 15 is 0 Å². The molecule has 0 spiro atoms. The van der Waals surface area contributed by atoms with E-state index in [0.717, 1.165) is 24.8 Å². The summed E-state index contributed by atoms with van der Waals surface area (Å²) in [6.07, 6.45) is 8.97. The summed E-state index contributed by atoms with van der Waals surface area (Å²) in [5.41, 5.74) is 1.41. The zero-order valence-corrected chi connectivity index (χ0v) is 18.3. The average Bonchev–Trinajstić information content (AvgIpc) is 3.23. The van der Waals surface area contributed by atoms with Crippen LogP contribution in [0.1, 0.15) is 42.1 Å². The molecule has 8 nitrogen and oxygen atoms in total. The average molecular weight is 427 g/mol. The lowest BCUT2D eigenvalue weighted by atomic mass is 10.0. The van der Waals surface area contributed by atoms with Crippen molar-refractivity contribution >= 4 is 17.9 Å². The number of piperidine rings is 1. The van der Waals surface area contributed by atoms with Gasteiger partial charge in [0.25, 0.3) is 5.91 Å². The maximum absolute atomic E-state index is 12.6. The fourth-order valence-corrected chi connectivity index (χ4v) is 3.44. The van der Waals surface area contributed by atoms with Crippen LogP contribution in [0.5, 0.6) is 11.5 Å². The summed E-state index contributed by atoms with van der Waals surface area (Å²) in [7, 11) is 3.38. The fraction of sp³-hybridized carbons (Fsp3) is 0.435. The number of aryl methyl sites for hydroxylation is 1. The molecule has 0 saturated carbocycles. The molecule has 1 aliphatic rings. The first kappa shape index (κ1) is 22.4. The van der Waals surface area contributed by atoms with Gasteiger partial charge < -0.3 is 19.7 Å². The van der Waals surface area contributed by atoms with Crippen LogP contribution in [-0.2, 0) is 11.8 Å². The first-order valence-electron chi connectivity index (χ1n) is 10.6. The molecule has 31 heavy (non-hydrogen) atoms. The number of amides is 2. The molecule has 0 unspecified atom stereocenters. The Hall–Kier alpha value is -3.29. The molecule has 2 aromatic rings. The van der Waals surface area contributed by atoms with Crippen molar-refractivity contribution in [2.24, 2.45) is 7.05 Å². The molecule has 166 valence electrons. The molecular weight excluding hydrogens is 396 g/mol. The zero-order valence-electron chi connectivity index (χ0n) is 18.3. The number of carbonyl (C=O) groups excluding carboxylic acids is 2. The van der Waals surface area contributed by atoms with Gasteiger partial charge in [0.15, 0.2) is 11.5 Å². The number of nitrogens with one attached hydrogen (secondary N) is 1.